The standard InChI is InChI=1S/C17H21N3O3/c1-20(12-15-18-17(19-23-15)13-9-10-13)16(21)8-5-11-22-14-6-3-2-4-7-14/h2-4,6-7,13H,5,8-12H2,1H3. The quantitative estimate of drug-likeness (QED) is 0.701. The highest BCUT2D eigenvalue weighted by atomic mass is 16.5. The summed E-state index contributed by atoms with van der Waals surface area (Å²) in [6.45, 7) is 0.883. The Labute approximate surface area is 135 Å². The van der Waals surface area contributed by atoms with Crippen molar-refractivity contribution in [2.24, 2.45) is 0 Å². The van der Waals surface area contributed by atoms with E-state index < -0.39 is 0 Å². The number of hydrogen-bond acceptors (Lipinski definition) is 5. The van der Waals surface area contributed by atoms with Crippen molar-refractivity contribution in [2.75, 3.05) is 13.7 Å². The van der Waals surface area contributed by atoms with E-state index in [0.29, 0.717) is 37.8 Å². The number of para-hydroxylation sites is 1. The summed E-state index contributed by atoms with van der Waals surface area (Å²) in [6, 6.07) is 9.60. The molecule has 23 heavy (non-hydrogen) atoms. The number of carbonyl (C=O) groups is 1. The summed E-state index contributed by atoms with van der Waals surface area (Å²) in [5.74, 6) is 2.61. The lowest BCUT2D eigenvalue weighted by Gasteiger charge is -2.14. The van der Waals surface area contributed by atoms with Gasteiger partial charge in [-0.25, -0.2) is 0 Å². The van der Waals surface area contributed by atoms with Crippen LogP contribution in [0.3, 0.4) is 0 Å². The van der Waals surface area contributed by atoms with Gasteiger partial charge in [-0.1, -0.05) is 23.4 Å². The van der Waals surface area contributed by atoms with Gasteiger partial charge in [-0.15, -0.1) is 0 Å². The van der Waals surface area contributed by atoms with Crippen molar-refractivity contribution >= 4 is 5.91 Å². The van der Waals surface area contributed by atoms with E-state index in [9.17, 15) is 4.79 Å². The molecule has 0 N–H and O–H groups in total. The van der Waals surface area contributed by atoms with Crippen molar-refractivity contribution in [1.82, 2.24) is 15.0 Å². The fraction of sp³-hybridized carbons (Fsp3) is 0.471. The van der Waals surface area contributed by atoms with Gasteiger partial charge in [0.05, 0.1) is 13.2 Å². The molecule has 3 rings (SSSR count). The Bertz CT molecular complexity index is 638. The molecule has 2 aromatic rings. The second-order valence-corrected chi connectivity index (χ2v) is 5.84. The Balaban J connectivity index is 1.37. The molecule has 0 atom stereocenters. The number of rotatable bonds is 8. The third-order valence-electron chi connectivity index (χ3n) is 3.77. The van der Waals surface area contributed by atoms with Crippen molar-refractivity contribution < 1.29 is 14.1 Å². The van der Waals surface area contributed by atoms with Crippen LogP contribution in [0.2, 0.25) is 0 Å². The van der Waals surface area contributed by atoms with Gasteiger partial charge < -0.3 is 14.2 Å². The number of hydrogen-bond donors (Lipinski definition) is 0. The Morgan fingerprint density at radius 1 is 1.35 bits per heavy atom. The molecular formula is C17H21N3O3. The van der Waals surface area contributed by atoms with Crippen LogP contribution < -0.4 is 4.74 Å². The third kappa shape index (κ3) is 4.55. The minimum Gasteiger partial charge on any atom is -0.494 e. The minimum absolute atomic E-state index is 0.0489. The largest absolute Gasteiger partial charge is 0.494 e. The zero-order valence-electron chi connectivity index (χ0n) is 13.3. The highest BCUT2D eigenvalue weighted by Gasteiger charge is 2.29. The van der Waals surface area contributed by atoms with Crippen molar-refractivity contribution in [3.8, 4) is 5.75 Å². The van der Waals surface area contributed by atoms with Gasteiger partial charge in [0.15, 0.2) is 5.82 Å². The zero-order valence-corrected chi connectivity index (χ0v) is 13.3. The smallest absolute Gasteiger partial charge is 0.246 e. The third-order valence-corrected chi connectivity index (χ3v) is 3.77. The fourth-order valence-corrected chi connectivity index (χ4v) is 2.25. The molecule has 1 aromatic carbocycles. The number of amides is 1. The molecule has 0 spiro atoms. The molecule has 0 radical (unpaired) electrons. The van der Waals surface area contributed by atoms with Crippen molar-refractivity contribution in [3.63, 3.8) is 0 Å². The van der Waals surface area contributed by atoms with E-state index in [1.54, 1.807) is 11.9 Å². The monoisotopic (exact) mass is 315 g/mol. The molecule has 6 nitrogen and oxygen atoms in total. The van der Waals surface area contributed by atoms with E-state index in [0.717, 1.165) is 24.4 Å². The van der Waals surface area contributed by atoms with Crippen molar-refractivity contribution in [2.45, 2.75) is 38.1 Å². The lowest BCUT2D eigenvalue weighted by atomic mass is 10.3. The van der Waals surface area contributed by atoms with E-state index >= 15 is 0 Å². The van der Waals surface area contributed by atoms with Gasteiger partial charge in [-0.05, 0) is 31.4 Å². The highest BCUT2D eigenvalue weighted by molar-refractivity contribution is 5.75. The molecule has 0 unspecified atom stereocenters. The maximum atomic E-state index is 12.1. The van der Waals surface area contributed by atoms with Gasteiger partial charge in [0, 0.05) is 19.4 Å². The van der Waals surface area contributed by atoms with E-state index in [1.807, 2.05) is 30.3 Å². The maximum Gasteiger partial charge on any atom is 0.246 e. The van der Waals surface area contributed by atoms with Gasteiger partial charge in [-0.3, -0.25) is 4.79 Å². The molecule has 0 saturated heterocycles. The van der Waals surface area contributed by atoms with Crippen LogP contribution in [0.4, 0.5) is 0 Å². The van der Waals surface area contributed by atoms with Crippen LogP contribution in [0.5, 0.6) is 5.75 Å². The van der Waals surface area contributed by atoms with Gasteiger partial charge in [-0.2, -0.15) is 4.98 Å². The van der Waals surface area contributed by atoms with E-state index in [4.69, 9.17) is 9.26 Å². The average molecular weight is 315 g/mol. The Hall–Kier alpha value is -2.37. The number of ether oxygens (including phenoxy) is 1. The normalized spacial score (nSPS) is 13.8. The summed E-state index contributed by atoms with van der Waals surface area (Å²) < 4.78 is 10.8. The second-order valence-electron chi connectivity index (χ2n) is 5.84. The summed E-state index contributed by atoms with van der Waals surface area (Å²) in [5.41, 5.74) is 0. The van der Waals surface area contributed by atoms with Gasteiger partial charge in [0.25, 0.3) is 0 Å². The molecule has 122 valence electrons. The number of aromatic nitrogens is 2. The van der Waals surface area contributed by atoms with Crippen molar-refractivity contribution in [3.05, 3.63) is 42.0 Å². The summed E-state index contributed by atoms with van der Waals surface area (Å²) in [6.07, 6.45) is 3.38. The summed E-state index contributed by atoms with van der Waals surface area (Å²) in [7, 11) is 1.75. The molecule has 6 heteroatoms. The molecule has 1 amide bonds. The van der Waals surface area contributed by atoms with Crippen LogP contribution in [-0.2, 0) is 11.3 Å². The molecular weight excluding hydrogens is 294 g/mol. The number of nitrogens with zero attached hydrogens (tertiary/aromatic N) is 3. The molecule has 1 heterocycles. The SMILES string of the molecule is CN(Cc1nc(C2CC2)no1)C(=O)CCCOc1ccccc1. The Morgan fingerprint density at radius 2 is 2.13 bits per heavy atom. The van der Waals surface area contributed by atoms with Crippen LogP contribution in [0.15, 0.2) is 34.9 Å². The maximum absolute atomic E-state index is 12.1. The topological polar surface area (TPSA) is 68.5 Å². The summed E-state index contributed by atoms with van der Waals surface area (Å²) in [4.78, 5) is 18.0. The summed E-state index contributed by atoms with van der Waals surface area (Å²) >= 11 is 0. The van der Waals surface area contributed by atoms with Crippen LogP contribution in [0, 0.1) is 0 Å². The Morgan fingerprint density at radius 3 is 2.87 bits per heavy atom. The molecule has 0 aliphatic heterocycles. The van der Waals surface area contributed by atoms with Gasteiger partial charge in [0.1, 0.15) is 5.75 Å². The van der Waals surface area contributed by atoms with E-state index in [2.05, 4.69) is 10.1 Å². The first-order valence-electron chi connectivity index (χ1n) is 7.96. The predicted molar refractivity (Wildman–Crippen MR) is 83.9 cm³/mol. The van der Waals surface area contributed by atoms with Crippen LogP contribution in [-0.4, -0.2) is 34.6 Å². The first kappa shape index (κ1) is 15.5. The van der Waals surface area contributed by atoms with Crippen LogP contribution >= 0.6 is 0 Å². The lowest BCUT2D eigenvalue weighted by molar-refractivity contribution is -0.131. The van der Waals surface area contributed by atoms with Crippen LogP contribution in [0.1, 0.15) is 43.3 Å². The molecule has 1 aliphatic carbocycles. The number of carbonyl (C=O) groups excluding carboxylic acids is 1. The molecule has 0 bridgehead atoms. The zero-order chi connectivity index (χ0) is 16.1. The first-order chi connectivity index (χ1) is 11.2. The lowest BCUT2D eigenvalue weighted by Crippen LogP contribution is -2.26. The van der Waals surface area contributed by atoms with Gasteiger partial charge in [0.2, 0.25) is 11.8 Å². The highest BCUT2D eigenvalue weighted by Crippen LogP contribution is 2.38. The predicted octanol–water partition coefficient (Wildman–Crippen LogP) is 2.76. The fourth-order valence-electron chi connectivity index (χ4n) is 2.25. The molecule has 1 aromatic heterocycles. The number of benzene rings is 1. The van der Waals surface area contributed by atoms with Crippen molar-refractivity contribution in [1.29, 1.82) is 0 Å². The summed E-state index contributed by atoms with van der Waals surface area (Å²) in [5, 5.41) is 3.96. The van der Waals surface area contributed by atoms with E-state index in [1.165, 1.54) is 0 Å². The first-order valence-corrected chi connectivity index (χ1v) is 7.96. The van der Waals surface area contributed by atoms with Gasteiger partial charge >= 0.3 is 0 Å². The minimum atomic E-state index is 0.0489. The van der Waals surface area contributed by atoms with E-state index in [-0.39, 0.29) is 5.91 Å². The molecule has 1 saturated carbocycles. The average Bonchev–Trinajstić information content (AvgIpc) is 3.32. The molecule has 1 aliphatic rings. The van der Waals surface area contributed by atoms with Crippen LogP contribution in [0.25, 0.3) is 0 Å². The molecule has 1 fully saturated rings. The second kappa shape index (κ2) is 7.26. The Kier molecular flexibility index (Phi) is 4.90.